The second-order valence-corrected chi connectivity index (χ2v) is 2.86. The van der Waals surface area contributed by atoms with Crippen molar-refractivity contribution in [2.45, 2.75) is 40.0 Å². The number of esters is 1. The lowest BCUT2D eigenvalue weighted by atomic mass is 10.1. The van der Waals surface area contributed by atoms with Crippen molar-refractivity contribution in [3.05, 3.63) is 0 Å². The van der Waals surface area contributed by atoms with Gasteiger partial charge >= 0.3 is 5.97 Å². The van der Waals surface area contributed by atoms with Crippen molar-refractivity contribution in [1.29, 1.82) is 0 Å². The third kappa shape index (κ3) is 4.82. The zero-order chi connectivity index (χ0) is 8.69. The van der Waals surface area contributed by atoms with Crippen LogP contribution in [0, 0.1) is 5.92 Å². The Kier molecular flexibility index (Phi) is 5.90. The predicted molar refractivity (Wildman–Crippen MR) is 45.3 cm³/mol. The average Bonchev–Trinajstić information content (AvgIpc) is 2.00. The van der Waals surface area contributed by atoms with Gasteiger partial charge in [0.15, 0.2) is 0 Å². The van der Waals surface area contributed by atoms with Crippen molar-refractivity contribution < 1.29 is 9.53 Å². The molecule has 0 aliphatic rings. The van der Waals surface area contributed by atoms with Gasteiger partial charge < -0.3 is 4.74 Å². The number of ether oxygens (including phenoxy) is 1. The van der Waals surface area contributed by atoms with Crippen LogP contribution in [0.4, 0.5) is 0 Å². The molecule has 0 spiro atoms. The van der Waals surface area contributed by atoms with E-state index in [1.807, 2.05) is 13.8 Å². The van der Waals surface area contributed by atoms with Gasteiger partial charge in [-0.05, 0) is 12.8 Å². The molecule has 2 heteroatoms. The maximum absolute atomic E-state index is 11.1. The molecule has 0 aromatic heterocycles. The zero-order valence-corrected chi connectivity index (χ0v) is 7.72. The largest absolute Gasteiger partial charge is 0.465 e. The van der Waals surface area contributed by atoms with E-state index in [-0.39, 0.29) is 11.9 Å². The van der Waals surface area contributed by atoms with Gasteiger partial charge in [0, 0.05) is 0 Å². The summed E-state index contributed by atoms with van der Waals surface area (Å²) in [6.45, 7) is 6.55. The van der Waals surface area contributed by atoms with E-state index < -0.39 is 0 Å². The van der Waals surface area contributed by atoms with Gasteiger partial charge in [0.1, 0.15) is 0 Å². The van der Waals surface area contributed by atoms with Crippen molar-refractivity contribution in [3.63, 3.8) is 0 Å². The molecule has 1 atom stereocenters. The first kappa shape index (κ1) is 10.5. The molecule has 0 saturated carbocycles. The second-order valence-electron chi connectivity index (χ2n) is 2.86. The van der Waals surface area contributed by atoms with Crippen molar-refractivity contribution in [1.82, 2.24) is 0 Å². The average molecular weight is 158 g/mol. The fraction of sp³-hybridized carbons (Fsp3) is 0.889. The molecule has 0 N–H and O–H groups in total. The van der Waals surface area contributed by atoms with Gasteiger partial charge in [-0.25, -0.2) is 0 Å². The van der Waals surface area contributed by atoms with Gasteiger partial charge in [-0.2, -0.15) is 0 Å². The van der Waals surface area contributed by atoms with Crippen LogP contribution >= 0.6 is 0 Å². The van der Waals surface area contributed by atoms with Crippen LogP contribution in [0.15, 0.2) is 0 Å². The summed E-state index contributed by atoms with van der Waals surface area (Å²) in [5, 5.41) is 0. The molecular formula is C9H18O2. The Labute approximate surface area is 68.9 Å². The summed E-state index contributed by atoms with van der Waals surface area (Å²) in [6, 6.07) is 0. The van der Waals surface area contributed by atoms with Crippen LogP contribution in [0.2, 0.25) is 0 Å². The minimum absolute atomic E-state index is 0.0475. The Balaban J connectivity index is 3.47. The summed E-state index contributed by atoms with van der Waals surface area (Å²) < 4.78 is 4.97. The number of rotatable bonds is 5. The van der Waals surface area contributed by atoms with E-state index in [1.165, 1.54) is 0 Å². The summed E-state index contributed by atoms with van der Waals surface area (Å²) in [4.78, 5) is 11.1. The van der Waals surface area contributed by atoms with E-state index in [0.717, 1.165) is 19.3 Å². The van der Waals surface area contributed by atoms with Crippen molar-refractivity contribution in [2.24, 2.45) is 5.92 Å². The predicted octanol–water partition coefficient (Wildman–Crippen LogP) is 2.38. The lowest BCUT2D eigenvalue weighted by molar-refractivity contribution is -0.148. The first-order valence-corrected chi connectivity index (χ1v) is 4.39. The molecule has 0 aromatic rings. The first-order valence-electron chi connectivity index (χ1n) is 4.39. The van der Waals surface area contributed by atoms with Crippen LogP contribution in [0.1, 0.15) is 40.0 Å². The van der Waals surface area contributed by atoms with Crippen LogP contribution < -0.4 is 0 Å². The minimum Gasteiger partial charge on any atom is -0.465 e. The van der Waals surface area contributed by atoms with E-state index in [9.17, 15) is 4.79 Å². The van der Waals surface area contributed by atoms with E-state index in [2.05, 4.69) is 6.92 Å². The highest BCUT2D eigenvalue weighted by Gasteiger charge is 2.11. The third-order valence-corrected chi connectivity index (χ3v) is 1.57. The highest BCUT2D eigenvalue weighted by molar-refractivity contribution is 5.71. The Bertz CT molecular complexity index is 110. The van der Waals surface area contributed by atoms with Crippen LogP contribution in [0.5, 0.6) is 0 Å². The molecule has 0 aliphatic carbocycles. The Morgan fingerprint density at radius 1 is 1.36 bits per heavy atom. The molecule has 0 bridgehead atoms. The molecule has 2 nitrogen and oxygen atoms in total. The van der Waals surface area contributed by atoms with E-state index in [0.29, 0.717) is 6.61 Å². The van der Waals surface area contributed by atoms with Crippen LogP contribution in [-0.4, -0.2) is 12.6 Å². The lowest BCUT2D eigenvalue weighted by Gasteiger charge is -2.08. The molecule has 0 aromatic carbocycles. The molecule has 0 fully saturated rings. The maximum atomic E-state index is 11.1. The van der Waals surface area contributed by atoms with Gasteiger partial charge in [-0.15, -0.1) is 0 Å². The van der Waals surface area contributed by atoms with Gasteiger partial charge in [0.2, 0.25) is 0 Å². The normalized spacial score (nSPS) is 12.6. The summed E-state index contributed by atoms with van der Waals surface area (Å²) in [5.41, 5.74) is 0. The summed E-state index contributed by atoms with van der Waals surface area (Å²) in [6.07, 6.45) is 2.88. The van der Waals surface area contributed by atoms with Crippen LogP contribution in [0.25, 0.3) is 0 Å². The molecule has 0 rings (SSSR count). The Morgan fingerprint density at radius 2 is 2.00 bits per heavy atom. The van der Waals surface area contributed by atoms with Crippen LogP contribution in [-0.2, 0) is 9.53 Å². The summed E-state index contributed by atoms with van der Waals surface area (Å²) in [7, 11) is 0. The SMILES string of the molecule is CCCOC(=O)[C@H](C)CCC. The fourth-order valence-corrected chi connectivity index (χ4v) is 0.896. The molecule has 66 valence electrons. The number of carbonyl (C=O) groups is 1. The van der Waals surface area contributed by atoms with Crippen molar-refractivity contribution >= 4 is 5.97 Å². The quantitative estimate of drug-likeness (QED) is 0.574. The molecule has 0 radical (unpaired) electrons. The lowest BCUT2D eigenvalue weighted by Crippen LogP contribution is -2.14. The zero-order valence-electron chi connectivity index (χ0n) is 7.72. The number of hydrogen-bond donors (Lipinski definition) is 0. The van der Waals surface area contributed by atoms with Crippen molar-refractivity contribution in [2.75, 3.05) is 6.61 Å². The van der Waals surface area contributed by atoms with Gasteiger partial charge in [-0.1, -0.05) is 27.2 Å². The van der Waals surface area contributed by atoms with Gasteiger partial charge in [0.25, 0.3) is 0 Å². The minimum atomic E-state index is -0.0475. The summed E-state index contributed by atoms with van der Waals surface area (Å²) in [5.74, 6) is 0.0280. The van der Waals surface area contributed by atoms with E-state index in [4.69, 9.17) is 4.74 Å². The highest BCUT2D eigenvalue weighted by Crippen LogP contribution is 2.06. The topological polar surface area (TPSA) is 26.3 Å². The standard InChI is InChI=1S/C9H18O2/c1-4-6-8(3)9(10)11-7-5-2/h8H,4-7H2,1-3H3/t8-/m1/s1. The second kappa shape index (κ2) is 6.20. The molecule has 0 amide bonds. The third-order valence-electron chi connectivity index (χ3n) is 1.57. The monoisotopic (exact) mass is 158 g/mol. The Morgan fingerprint density at radius 3 is 2.45 bits per heavy atom. The highest BCUT2D eigenvalue weighted by atomic mass is 16.5. The molecule has 0 unspecified atom stereocenters. The molecule has 0 heterocycles. The number of hydrogen-bond acceptors (Lipinski definition) is 2. The molecule has 0 saturated heterocycles. The van der Waals surface area contributed by atoms with Gasteiger partial charge in [0.05, 0.1) is 12.5 Å². The maximum Gasteiger partial charge on any atom is 0.308 e. The fourth-order valence-electron chi connectivity index (χ4n) is 0.896. The Hall–Kier alpha value is -0.530. The first-order chi connectivity index (χ1) is 5.22. The smallest absolute Gasteiger partial charge is 0.308 e. The summed E-state index contributed by atoms with van der Waals surface area (Å²) >= 11 is 0. The van der Waals surface area contributed by atoms with E-state index in [1.54, 1.807) is 0 Å². The number of carbonyl (C=O) groups excluding carboxylic acids is 1. The molecule has 11 heavy (non-hydrogen) atoms. The van der Waals surface area contributed by atoms with Gasteiger partial charge in [-0.3, -0.25) is 4.79 Å². The molecular weight excluding hydrogens is 140 g/mol. The molecule has 0 aliphatic heterocycles. The van der Waals surface area contributed by atoms with E-state index >= 15 is 0 Å². The van der Waals surface area contributed by atoms with Crippen LogP contribution in [0.3, 0.4) is 0 Å². The van der Waals surface area contributed by atoms with Crippen molar-refractivity contribution in [3.8, 4) is 0 Å².